The van der Waals surface area contributed by atoms with Gasteiger partial charge in [0.2, 0.25) is 5.91 Å². The molecule has 1 atom stereocenters. The van der Waals surface area contributed by atoms with Gasteiger partial charge in [-0.25, -0.2) is 0 Å². The van der Waals surface area contributed by atoms with Gasteiger partial charge in [-0.3, -0.25) is 9.59 Å². The Morgan fingerprint density at radius 2 is 1.81 bits per heavy atom. The van der Waals surface area contributed by atoms with Crippen molar-refractivity contribution < 1.29 is 14.7 Å². The molecule has 0 saturated carbocycles. The number of amides is 1. The summed E-state index contributed by atoms with van der Waals surface area (Å²) in [5, 5.41) is 14.4. The van der Waals surface area contributed by atoms with Crippen LogP contribution in [-0.2, 0) is 9.59 Å². The van der Waals surface area contributed by atoms with E-state index in [2.05, 4.69) is 10.6 Å². The number of aliphatic carboxylic acids is 1. The summed E-state index contributed by atoms with van der Waals surface area (Å²) >= 11 is 0. The van der Waals surface area contributed by atoms with Crippen molar-refractivity contribution in [3.63, 3.8) is 0 Å². The van der Waals surface area contributed by atoms with Crippen LogP contribution in [0.1, 0.15) is 27.2 Å². The number of carboxylic acids is 1. The van der Waals surface area contributed by atoms with Crippen molar-refractivity contribution in [2.24, 2.45) is 11.8 Å². The zero-order valence-electron chi connectivity index (χ0n) is 10.2. The summed E-state index contributed by atoms with van der Waals surface area (Å²) < 4.78 is 0. The minimum atomic E-state index is -0.822. The quantitative estimate of drug-likeness (QED) is 0.529. The number of carbonyl (C=O) groups is 2. The standard InChI is InChI=1S/C11H22N2O3/c1-8(2)6-13-10(14)4-5-12-7-9(3)11(15)16/h8-9,12H,4-7H2,1-3H3,(H,13,14)(H,15,16). The van der Waals surface area contributed by atoms with Crippen molar-refractivity contribution in [1.29, 1.82) is 0 Å². The third-order valence-electron chi connectivity index (χ3n) is 2.11. The molecule has 0 fully saturated rings. The second-order valence-electron chi connectivity index (χ2n) is 4.39. The Morgan fingerprint density at radius 3 is 2.31 bits per heavy atom. The molecule has 0 saturated heterocycles. The Bertz CT molecular complexity index is 229. The maximum Gasteiger partial charge on any atom is 0.307 e. The lowest BCUT2D eigenvalue weighted by molar-refractivity contribution is -0.140. The van der Waals surface area contributed by atoms with Gasteiger partial charge < -0.3 is 15.7 Å². The highest BCUT2D eigenvalue weighted by Crippen LogP contribution is 1.92. The van der Waals surface area contributed by atoms with Crippen LogP contribution in [0.25, 0.3) is 0 Å². The van der Waals surface area contributed by atoms with Gasteiger partial charge in [0.25, 0.3) is 0 Å². The van der Waals surface area contributed by atoms with Gasteiger partial charge in [-0.1, -0.05) is 20.8 Å². The Kier molecular flexibility index (Phi) is 7.54. The molecule has 0 radical (unpaired) electrons. The van der Waals surface area contributed by atoms with E-state index >= 15 is 0 Å². The molecular weight excluding hydrogens is 208 g/mol. The molecule has 0 aromatic carbocycles. The summed E-state index contributed by atoms with van der Waals surface area (Å²) in [5.41, 5.74) is 0. The third-order valence-corrected chi connectivity index (χ3v) is 2.11. The van der Waals surface area contributed by atoms with Crippen molar-refractivity contribution in [2.75, 3.05) is 19.6 Å². The van der Waals surface area contributed by atoms with Crippen LogP contribution in [0.15, 0.2) is 0 Å². The largest absolute Gasteiger partial charge is 0.481 e. The van der Waals surface area contributed by atoms with Gasteiger partial charge >= 0.3 is 5.97 Å². The van der Waals surface area contributed by atoms with Gasteiger partial charge in [0.05, 0.1) is 5.92 Å². The minimum Gasteiger partial charge on any atom is -0.481 e. The summed E-state index contributed by atoms with van der Waals surface area (Å²) in [6.07, 6.45) is 0.388. The normalized spacial score (nSPS) is 12.5. The number of hydrogen-bond acceptors (Lipinski definition) is 3. The molecule has 0 bridgehead atoms. The summed E-state index contributed by atoms with van der Waals surface area (Å²) in [7, 11) is 0. The van der Waals surface area contributed by atoms with E-state index in [9.17, 15) is 9.59 Å². The maximum atomic E-state index is 11.3. The number of carboxylic acid groups (broad SMARTS) is 1. The Hall–Kier alpha value is -1.10. The molecular formula is C11H22N2O3. The van der Waals surface area contributed by atoms with E-state index in [4.69, 9.17) is 5.11 Å². The highest BCUT2D eigenvalue weighted by atomic mass is 16.4. The van der Waals surface area contributed by atoms with Crippen LogP contribution >= 0.6 is 0 Å². The molecule has 1 unspecified atom stereocenters. The lowest BCUT2D eigenvalue weighted by Gasteiger charge is -2.09. The molecule has 0 aliphatic rings. The highest BCUT2D eigenvalue weighted by Gasteiger charge is 2.09. The van der Waals surface area contributed by atoms with Gasteiger partial charge in [-0.05, 0) is 5.92 Å². The number of rotatable bonds is 8. The molecule has 0 heterocycles. The number of carbonyl (C=O) groups excluding carboxylic acids is 1. The van der Waals surface area contributed by atoms with Gasteiger partial charge in [0.15, 0.2) is 0 Å². The molecule has 16 heavy (non-hydrogen) atoms. The average Bonchev–Trinajstić information content (AvgIpc) is 2.20. The fourth-order valence-corrected chi connectivity index (χ4v) is 1.01. The van der Waals surface area contributed by atoms with E-state index < -0.39 is 11.9 Å². The minimum absolute atomic E-state index is 0.00387. The predicted molar refractivity (Wildman–Crippen MR) is 62.1 cm³/mol. The summed E-state index contributed by atoms with van der Waals surface area (Å²) in [6, 6.07) is 0. The van der Waals surface area contributed by atoms with Crippen LogP contribution in [0.5, 0.6) is 0 Å². The number of hydrogen-bond donors (Lipinski definition) is 3. The highest BCUT2D eigenvalue weighted by molar-refractivity contribution is 5.76. The lowest BCUT2D eigenvalue weighted by atomic mass is 10.2. The summed E-state index contributed by atoms with van der Waals surface area (Å²) in [5.74, 6) is -0.788. The van der Waals surface area contributed by atoms with Crippen LogP contribution in [0.3, 0.4) is 0 Å². The molecule has 0 aliphatic carbocycles. The first-order valence-electron chi connectivity index (χ1n) is 5.63. The van der Waals surface area contributed by atoms with E-state index in [1.807, 2.05) is 13.8 Å². The Labute approximate surface area is 96.6 Å². The lowest BCUT2D eigenvalue weighted by Crippen LogP contribution is -2.32. The molecule has 0 aliphatic heterocycles. The molecule has 3 N–H and O–H groups in total. The first-order valence-corrected chi connectivity index (χ1v) is 5.63. The van der Waals surface area contributed by atoms with Crippen LogP contribution in [0, 0.1) is 11.8 Å². The van der Waals surface area contributed by atoms with Crippen LogP contribution in [0.4, 0.5) is 0 Å². The fraction of sp³-hybridized carbons (Fsp3) is 0.818. The van der Waals surface area contributed by atoms with Crippen molar-refractivity contribution in [1.82, 2.24) is 10.6 Å². The third kappa shape index (κ3) is 8.23. The van der Waals surface area contributed by atoms with E-state index in [-0.39, 0.29) is 5.91 Å². The second kappa shape index (κ2) is 8.10. The van der Waals surface area contributed by atoms with Crippen LogP contribution < -0.4 is 10.6 Å². The van der Waals surface area contributed by atoms with Crippen molar-refractivity contribution in [2.45, 2.75) is 27.2 Å². The first-order chi connectivity index (χ1) is 7.43. The van der Waals surface area contributed by atoms with Gasteiger partial charge in [-0.15, -0.1) is 0 Å². The smallest absolute Gasteiger partial charge is 0.307 e. The molecule has 0 spiro atoms. The zero-order chi connectivity index (χ0) is 12.6. The zero-order valence-corrected chi connectivity index (χ0v) is 10.2. The van der Waals surface area contributed by atoms with Crippen molar-refractivity contribution in [3.05, 3.63) is 0 Å². The molecule has 0 aromatic heterocycles. The topological polar surface area (TPSA) is 78.4 Å². The molecule has 0 rings (SSSR count). The summed E-state index contributed by atoms with van der Waals surface area (Å²) in [4.78, 5) is 21.7. The first kappa shape index (κ1) is 14.9. The van der Waals surface area contributed by atoms with E-state index in [1.54, 1.807) is 6.92 Å². The predicted octanol–water partition coefficient (Wildman–Crippen LogP) is 0.459. The Morgan fingerprint density at radius 1 is 1.19 bits per heavy atom. The maximum absolute atomic E-state index is 11.3. The number of nitrogens with one attached hydrogen (secondary N) is 2. The van der Waals surface area contributed by atoms with Gasteiger partial charge in [-0.2, -0.15) is 0 Å². The van der Waals surface area contributed by atoms with Crippen LogP contribution in [0.2, 0.25) is 0 Å². The van der Waals surface area contributed by atoms with E-state index in [0.717, 1.165) is 0 Å². The molecule has 94 valence electrons. The SMILES string of the molecule is CC(C)CNC(=O)CCNCC(C)C(=O)O. The van der Waals surface area contributed by atoms with Crippen LogP contribution in [-0.4, -0.2) is 36.6 Å². The second-order valence-corrected chi connectivity index (χ2v) is 4.39. The molecule has 5 heteroatoms. The molecule has 5 nitrogen and oxygen atoms in total. The van der Waals surface area contributed by atoms with E-state index in [1.165, 1.54) is 0 Å². The van der Waals surface area contributed by atoms with E-state index in [0.29, 0.717) is 32.0 Å². The summed E-state index contributed by atoms with van der Waals surface area (Å²) in [6.45, 7) is 7.30. The van der Waals surface area contributed by atoms with Crippen molar-refractivity contribution >= 4 is 11.9 Å². The van der Waals surface area contributed by atoms with Gasteiger partial charge in [0, 0.05) is 26.1 Å². The molecule has 1 amide bonds. The van der Waals surface area contributed by atoms with Gasteiger partial charge in [0.1, 0.15) is 0 Å². The monoisotopic (exact) mass is 230 g/mol. The Balaban J connectivity index is 3.44. The average molecular weight is 230 g/mol. The van der Waals surface area contributed by atoms with Crippen molar-refractivity contribution in [3.8, 4) is 0 Å². The molecule has 0 aromatic rings. The fourth-order valence-electron chi connectivity index (χ4n) is 1.01.